The Morgan fingerprint density at radius 3 is 2.83 bits per heavy atom. The second-order valence-corrected chi connectivity index (χ2v) is 6.25. The molecule has 1 saturated heterocycles. The monoisotopic (exact) mass is 275 g/mol. The van der Waals surface area contributed by atoms with Gasteiger partial charge in [0.2, 0.25) is 10.0 Å². The number of ether oxygens (including phenoxy) is 1. The van der Waals surface area contributed by atoms with E-state index < -0.39 is 15.3 Å². The molecule has 0 aromatic rings. The number of hydrogen-bond acceptors (Lipinski definition) is 5. The topological polar surface area (TPSA) is 82.4 Å². The summed E-state index contributed by atoms with van der Waals surface area (Å²) < 4.78 is 31.5. The van der Waals surface area contributed by atoms with E-state index in [1.807, 2.05) is 0 Å². The number of sulfonamides is 1. The molecule has 1 N–H and O–H groups in total. The molecule has 1 aliphatic rings. The van der Waals surface area contributed by atoms with Gasteiger partial charge in [-0.1, -0.05) is 13.8 Å². The summed E-state index contributed by atoms with van der Waals surface area (Å²) >= 11 is 0. The maximum absolute atomic E-state index is 11.8. The second-order valence-electron chi connectivity index (χ2n) is 4.31. The lowest BCUT2D eigenvalue weighted by Crippen LogP contribution is -2.48. The molecule has 0 saturated carbocycles. The third kappa shape index (κ3) is 4.21. The maximum atomic E-state index is 11.8. The summed E-state index contributed by atoms with van der Waals surface area (Å²) in [6.45, 7) is 7.14. The molecule has 2 atom stereocenters. The fourth-order valence-electron chi connectivity index (χ4n) is 1.88. The second kappa shape index (κ2) is 7.04. The lowest BCUT2D eigenvalue weighted by Gasteiger charge is -2.32. The molecule has 104 valence electrons. The van der Waals surface area contributed by atoms with Crippen molar-refractivity contribution in [3.05, 3.63) is 0 Å². The normalized spacial score (nSPS) is 23.5. The van der Waals surface area contributed by atoms with Gasteiger partial charge in [-0.05, 0) is 13.0 Å². The fourth-order valence-corrected chi connectivity index (χ4v) is 3.08. The minimum absolute atomic E-state index is 0.135. The van der Waals surface area contributed by atoms with Crippen LogP contribution in [0.3, 0.4) is 0 Å². The van der Waals surface area contributed by atoms with E-state index in [0.29, 0.717) is 13.0 Å². The molecule has 1 heterocycles. The van der Waals surface area contributed by atoms with Crippen LogP contribution in [0.1, 0.15) is 20.3 Å². The Labute approximate surface area is 109 Å². The van der Waals surface area contributed by atoms with Gasteiger partial charge in [0.05, 0.1) is 18.8 Å². The number of nitriles is 1. The first-order valence-electron chi connectivity index (χ1n) is 6.25. The van der Waals surface area contributed by atoms with Crippen molar-refractivity contribution >= 4 is 10.0 Å². The van der Waals surface area contributed by atoms with E-state index in [4.69, 9.17) is 10.00 Å². The van der Waals surface area contributed by atoms with Crippen LogP contribution in [0.5, 0.6) is 0 Å². The van der Waals surface area contributed by atoms with Gasteiger partial charge < -0.3 is 4.74 Å². The van der Waals surface area contributed by atoms with Gasteiger partial charge in [0.15, 0.2) is 5.25 Å². The van der Waals surface area contributed by atoms with E-state index >= 15 is 0 Å². The predicted octanol–water partition coefficient (Wildman–Crippen LogP) is -0.0713. The van der Waals surface area contributed by atoms with Gasteiger partial charge in [-0.25, -0.2) is 13.1 Å². The van der Waals surface area contributed by atoms with Crippen molar-refractivity contribution in [2.24, 2.45) is 0 Å². The van der Waals surface area contributed by atoms with Crippen LogP contribution in [0, 0.1) is 11.3 Å². The molecule has 0 spiro atoms. The summed E-state index contributed by atoms with van der Waals surface area (Å²) in [5.74, 6) is 0. The van der Waals surface area contributed by atoms with Crippen LogP contribution < -0.4 is 4.72 Å². The van der Waals surface area contributed by atoms with Crippen LogP contribution in [0.25, 0.3) is 0 Å². The van der Waals surface area contributed by atoms with Crippen LogP contribution in [-0.4, -0.2) is 57.5 Å². The van der Waals surface area contributed by atoms with Crippen molar-refractivity contribution in [3.63, 3.8) is 0 Å². The van der Waals surface area contributed by atoms with E-state index in [1.165, 1.54) is 0 Å². The summed E-state index contributed by atoms with van der Waals surface area (Å²) in [6.07, 6.45) is 0.156. The Bertz CT molecular complexity index is 391. The highest BCUT2D eigenvalue weighted by molar-refractivity contribution is 7.90. The van der Waals surface area contributed by atoms with Crippen LogP contribution in [-0.2, 0) is 14.8 Å². The number of morpholine rings is 1. The minimum atomic E-state index is -3.56. The van der Waals surface area contributed by atoms with Gasteiger partial charge in [0.1, 0.15) is 0 Å². The first-order chi connectivity index (χ1) is 8.53. The number of nitrogens with zero attached hydrogens (tertiary/aromatic N) is 2. The maximum Gasteiger partial charge on any atom is 0.228 e. The lowest BCUT2D eigenvalue weighted by molar-refractivity contribution is -0.0229. The van der Waals surface area contributed by atoms with Gasteiger partial charge in [-0.2, -0.15) is 5.26 Å². The molecule has 18 heavy (non-hydrogen) atoms. The average Bonchev–Trinajstić information content (AvgIpc) is 2.38. The average molecular weight is 275 g/mol. The molecule has 0 aromatic heterocycles. The summed E-state index contributed by atoms with van der Waals surface area (Å²) in [4.78, 5) is 2.21. The number of hydrogen-bond donors (Lipinski definition) is 1. The first-order valence-corrected chi connectivity index (χ1v) is 7.80. The van der Waals surface area contributed by atoms with Crippen molar-refractivity contribution in [1.29, 1.82) is 5.26 Å². The van der Waals surface area contributed by atoms with Crippen molar-refractivity contribution in [2.75, 3.05) is 32.8 Å². The largest absolute Gasteiger partial charge is 0.374 e. The molecule has 0 radical (unpaired) electrons. The molecule has 1 aliphatic heterocycles. The zero-order chi connectivity index (χ0) is 13.6. The summed E-state index contributed by atoms with van der Waals surface area (Å²) in [5.41, 5.74) is 0. The SMILES string of the molecule is CCC(C#N)S(=O)(=O)NCC1CN(CC)CCO1. The summed E-state index contributed by atoms with van der Waals surface area (Å²) in [6, 6.07) is 1.80. The van der Waals surface area contributed by atoms with E-state index in [2.05, 4.69) is 16.5 Å². The van der Waals surface area contributed by atoms with Crippen LogP contribution in [0.2, 0.25) is 0 Å². The molecule has 6 nitrogen and oxygen atoms in total. The summed E-state index contributed by atoms with van der Waals surface area (Å²) in [5, 5.41) is 7.79. The minimum Gasteiger partial charge on any atom is -0.374 e. The van der Waals surface area contributed by atoms with E-state index in [-0.39, 0.29) is 12.6 Å². The Morgan fingerprint density at radius 2 is 2.28 bits per heavy atom. The van der Waals surface area contributed by atoms with Crippen LogP contribution in [0.4, 0.5) is 0 Å². The zero-order valence-corrected chi connectivity index (χ0v) is 11.7. The highest BCUT2D eigenvalue weighted by Gasteiger charge is 2.26. The standard InChI is InChI=1S/C11H21N3O3S/c1-3-11(7-12)18(15,16)13-8-10-9-14(4-2)5-6-17-10/h10-11,13H,3-6,8-9H2,1-2H3. The van der Waals surface area contributed by atoms with E-state index in [1.54, 1.807) is 13.0 Å². The fraction of sp³-hybridized carbons (Fsp3) is 0.909. The van der Waals surface area contributed by atoms with Crippen molar-refractivity contribution in [1.82, 2.24) is 9.62 Å². The third-order valence-electron chi connectivity index (χ3n) is 3.07. The Morgan fingerprint density at radius 1 is 1.56 bits per heavy atom. The number of nitrogens with one attached hydrogen (secondary N) is 1. The Balaban J connectivity index is 2.47. The molecule has 0 amide bonds. The van der Waals surface area contributed by atoms with Crippen LogP contribution in [0.15, 0.2) is 0 Å². The number of rotatable bonds is 6. The number of likely N-dealkylation sites (N-methyl/N-ethyl adjacent to an activating group) is 1. The highest BCUT2D eigenvalue weighted by Crippen LogP contribution is 2.06. The molecule has 0 aromatic carbocycles. The Hall–Kier alpha value is -0.680. The van der Waals surface area contributed by atoms with E-state index in [9.17, 15) is 8.42 Å². The molecule has 1 fully saturated rings. The molecule has 1 rings (SSSR count). The molecule has 0 aliphatic carbocycles. The predicted molar refractivity (Wildman–Crippen MR) is 68.5 cm³/mol. The Kier molecular flexibility index (Phi) is 6.02. The molecule has 7 heteroatoms. The van der Waals surface area contributed by atoms with Crippen molar-refractivity contribution < 1.29 is 13.2 Å². The quantitative estimate of drug-likeness (QED) is 0.733. The zero-order valence-electron chi connectivity index (χ0n) is 10.9. The molecular formula is C11H21N3O3S. The van der Waals surface area contributed by atoms with Gasteiger partial charge >= 0.3 is 0 Å². The summed E-state index contributed by atoms with van der Waals surface area (Å²) in [7, 11) is -3.56. The third-order valence-corrected chi connectivity index (χ3v) is 4.83. The highest BCUT2D eigenvalue weighted by atomic mass is 32.2. The van der Waals surface area contributed by atoms with Crippen molar-refractivity contribution in [3.8, 4) is 6.07 Å². The first kappa shape index (κ1) is 15.4. The smallest absolute Gasteiger partial charge is 0.228 e. The van der Waals surface area contributed by atoms with Crippen molar-refractivity contribution in [2.45, 2.75) is 31.6 Å². The van der Waals surface area contributed by atoms with Gasteiger partial charge in [-0.15, -0.1) is 0 Å². The van der Waals surface area contributed by atoms with Gasteiger partial charge in [0.25, 0.3) is 0 Å². The molecule has 2 unspecified atom stereocenters. The van der Waals surface area contributed by atoms with Gasteiger partial charge in [-0.3, -0.25) is 4.90 Å². The lowest BCUT2D eigenvalue weighted by atomic mass is 10.3. The molecule has 0 bridgehead atoms. The van der Waals surface area contributed by atoms with Gasteiger partial charge in [0, 0.05) is 19.6 Å². The van der Waals surface area contributed by atoms with E-state index in [0.717, 1.165) is 19.6 Å². The molecular weight excluding hydrogens is 254 g/mol. The van der Waals surface area contributed by atoms with Crippen LogP contribution >= 0.6 is 0 Å².